The average molecular weight is 391 g/mol. The van der Waals surface area contributed by atoms with Crippen molar-refractivity contribution in [3.05, 3.63) is 58.6 Å². The molecule has 0 radical (unpaired) electrons. The van der Waals surface area contributed by atoms with Crippen molar-refractivity contribution >= 4 is 23.4 Å². The Labute approximate surface area is 164 Å². The molecule has 0 aliphatic rings. The van der Waals surface area contributed by atoms with Crippen LogP contribution < -0.4 is 14.8 Å². The second kappa shape index (κ2) is 9.83. The molecule has 0 unspecified atom stereocenters. The molecule has 0 fully saturated rings. The van der Waals surface area contributed by atoms with E-state index < -0.39 is 0 Å². The Morgan fingerprint density at radius 1 is 1.15 bits per heavy atom. The molecule has 0 aliphatic carbocycles. The molecule has 2 aromatic carbocycles. The number of halogens is 1. The van der Waals surface area contributed by atoms with Crippen LogP contribution in [0.4, 0.5) is 0 Å². The van der Waals surface area contributed by atoms with Crippen molar-refractivity contribution in [2.24, 2.45) is 0 Å². The highest BCUT2D eigenvalue weighted by Crippen LogP contribution is 2.23. The fourth-order valence-corrected chi connectivity index (χ4v) is 2.73. The van der Waals surface area contributed by atoms with Gasteiger partial charge in [-0.25, -0.2) is 0 Å². The van der Waals surface area contributed by atoms with E-state index in [1.54, 1.807) is 56.6 Å². The van der Waals surface area contributed by atoms with Crippen LogP contribution >= 0.6 is 11.6 Å². The van der Waals surface area contributed by atoms with Gasteiger partial charge in [-0.3, -0.25) is 9.59 Å². The Morgan fingerprint density at radius 3 is 2.59 bits per heavy atom. The molecule has 2 amide bonds. The molecule has 1 N–H and O–H groups in total. The SMILES string of the molecule is CCOc1ccccc1C(=O)NCC(=O)N(C)Cc1cc(Cl)ccc1OC. The lowest BCUT2D eigenvalue weighted by Crippen LogP contribution is -2.38. The Hall–Kier alpha value is -2.73. The number of nitrogens with one attached hydrogen (secondary N) is 1. The minimum atomic E-state index is -0.360. The molecular formula is C20H23ClN2O4. The first kappa shape index (κ1) is 20.6. The number of carbonyl (C=O) groups excluding carboxylic acids is 2. The van der Waals surface area contributed by atoms with Gasteiger partial charge < -0.3 is 19.7 Å². The number of ether oxygens (including phenoxy) is 2. The number of benzene rings is 2. The van der Waals surface area contributed by atoms with E-state index in [-0.39, 0.29) is 18.4 Å². The van der Waals surface area contributed by atoms with Crippen LogP contribution in [0.3, 0.4) is 0 Å². The van der Waals surface area contributed by atoms with E-state index in [1.165, 1.54) is 4.90 Å². The first-order valence-electron chi connectivity index (χ1n) is 8.52. The number of nitrogens with zero attached hydrogens (tertiary/aromatic N) is 1. The molecule has 27 heavy (non-hydrogen) atoms. The van der Waals surface area contributed by atoms with E-state index in [2.05, 4.69) is 5.32 Å². The summed E-state index contributed by atoms with van der Waals surface area (Å²) in [7, 11) is 3.22. The van der Waals surface area contributed by atoms with E-state index in [9.17, 15) is 9.59 Å². The smallest absolute Gasteiger partial charge is 0.255 e. The summed E-state index contributed by atoms with van der Waals surface area (Å²) in [6.45, 7) is 2.48. The molecule has 0 bridgehead atoms. The normalized spacial score (nSPS) is 10.2. The lowest BCUT2D eigenvalue weighted by atomic mass is 10.2. The topological polar surface area (TPSA) is 67.9 Å². The van der Waals surface area contributed by atoms with Crippen LogP contribution in [0.2, 0.25) is 5.02 Å². The van der Waals surface area contributed by atoms with Gasteiger partial charge in [-0.05, 0) is 37.3 Å². The molecule has 0 spiro atoms. The zero-order chi connectivity index (χ0) is 19.8. The van der Waals surface area contributed by atoms with Crippen LogP contribution in [0, 0.1) is 0 Å². The molecule has 2 rings (SSSR count). The highest BCUT2D eigenvalue weighted by atomic mass is 35.5. The van der Waals surface area contributed by atoms with Gasteiger partial charge in [0.15, 0.2) is 0 Å². The summed E-state index contributed by atoms with van der Waals surface area (Å²) in [5.74, 6) is 0.538. The maximum Gasteiger partial charge on any atom is 0.255 e. The predicted molar refractivity (Wildman–Crippen MR) is 104 cm³/mol. The number of carbonyl (C=O) groups is 2. The minimum Gasteiger partial charge on any atom is -0.496 e. The van der Waals surface area contributed by atoms with Crippen LogP contribution in [-0.2, 0) is 11.3 Å². The lowest BCUT2D eigenvalue weighted by molar-refractivity contribution is -0.129. The molecule has 0 aromatic heterocycles. The second-order valence-electron chi connectivity index (χ2n) is 5.82. The van der Waals surface area contributed by atoms with Crippen LogP contribution in [0.1, 0.15) is 22.8 Å². The van der Waals surface area contributed by atoms with Gasteiger partial charge in [0, 0.05) is 24.2 Å². The monoisotopic (exact) mass is 390 g/mol. The quantitative estimate of drug-likeness (QED) is 0.751. The van der Waals surface area contributed by atoms with Crippen molar-refractivity contribution in [2.75, 3.05) is 27.3 Å². The summed E-state index contributed by atoms with van der Waals surface area (Å²) >= 11 is 6.02. The zero-order valence-electron chi connectivity index (χ0n) is 15.6. The Balaban J connectivity index is 1.97. The number of hydrogen-bond donors (Lipinski definition) is 1. The van der Waals surface area contributed by atoms with Crippen molar-refractivity contribution in [3.8, 4) is 11.5 Å². The Morgan fingerprint density at radius 2 is 1.89 bits per heavy atom. The number of para-hydroxylation sites is 1. The van der Waals surface area contributed by atoms with Gasteiger partial charge in [0.25, 0.3) is 5.91 Å². The molecule has 0 heterocycles. The third kappa shape index (κ3) is 5.62. The molecule has 2 aromatic rings. The van der Waals surface area contributed by atoms with Crippen LogP contribution in [0.25, 0.3) is 0 Å². The van der Waals surface area contributed by atoms with E-state index in [4.69, 9.17) is 21.1 Å². The van der Waals surface area contributed by atoms with Crippen molar-refractivity contribution < 1.29 is 19.1 Å². The van der Waals surface area contributed by atoms with Gasteiger partial charge in [-0.2, -0.15) is 0 Å². The van der Waals surface area contributed by atoms with Crippen molar-refractivity contribution in [1.82, 2.24) is 10.2 Å². The van der Waals surface area contributed by atoms with Crippen molar-refractivity contribution in [3.63, 3.8) is 0 Å². The number of hydrogen-bond acceptors (Lipinski definition) is 4. The average Bonchev–Trinajstić information content (AvgIpc) is 2.66. The van der Waals surface area contributed by atoms with E-state index >= 15 is 0 Å². The predicted octanol–water partition coefficient (Wildman–Crippen LogP) is 3.14. The first-order valence-corrected chi connectivity index (χ1v) is 8.90. The fraction of sp³-hybridized carbons (Fsp3) is 0.300. The van der Waals surface area contributed by atoms with Gasteiger partial charge >= 0.3 is 0 Å². The van der Waals surface area contributed by atoms with Gasteiger partial charge in [0.1, 0.15) is 11.5 Å². The highest BCUT2D eigenvalue weighted by molar-refractivity contribution is 6.30. The summed E-state index contributed by atoms with van der Waals surface area (Å²) < 4.78 is 10.7. The maximum atomic E-state index is 12.4. The van der Waals surface area contributed by atoms with E-state index in [1.807, 2.05) is 6.92 Å². The number of amides is 2. The third-order valence-electron chi connectivity index (χ3n) is 3.91. The molecule has 0 aliphatic heterocycles. The van der Waals surface area contributed by atoms with Crippen LogP contribution in [0.5, 0.6) is 11.5 Å². The summed E-state index contributed by atoms with van der Waals surface area (Å²) in [5, 5.41) is 3.20. The molecular weight excluding hydrogens is 368 g/mol. The van der Waals surface area contributed by atoms with E-state index in [0.29, 0.717) is 35.2 Å². The van der Waals surface area contributed by atoms with E-state index in [0.717, 1.165) is 5.56 Å². The molecule has 144 valence electrons. The first-order chi connectivity index (χ1) is 13.0. The molecule has 0 saturated carbocycles. The van der Waals surface area contributed by atoms with Crippen LogP contribution in [-0.4, -0.2) is 44.0 Å². The minimum absolute atomic E-state index is 0.126. The maximum absolute atomic E-state index is 12.4. The largest absolute Gasteiger partial charge is 0.496 e. The Kier molecular flexibility index (Phi) is 7.49. The summed E-state index contributed by atoms with van der Waals surface area (Å²) in [6, 6.07) is 12.1. The van der Waals surface area contributed by atoms with Gasteiger partial charge in [0.05, 0.1) is 25.8 Å². The highest BCUT2D eigenvalue weighted by Gasteiger charge is 2.16. The molecule has 7 heteroatoms. The summed E-state index contributed by atoms with van der Waals surface area (Å²) in [6.07, 6.45) is 0. The standard InChI is InChI=1S/C20H23ClN2O4/c1-4-27-18-8-6-5-7-16(18)20(25)22-12-19(24)23(2)13-14-11-15(21)9-10-17(14)26-3/h5-11H,4,12-13H2,1-3H3,(H,22,25). The third-order valence-corrected chi connectivity index (χ3v) is 4.14. The number of likely N-dealkylation sites (N-methyl/N-ethyl adjacent to an activating group) is 1. The van der Waals surface area contributed by atoms with Crippen molar-refractivity contribution in [2.45, 2.75) is 13.5 Å². The number of methoxy groups -OCH3 is 1. The fourth-order valence-electron chi connectivity index (χ4n) is 2.54. The molecule has 0 atom stereocenters. The second-order valence-corrected chi connectivity index (χ2v) is 6.25. The van der Waals surface area contributed by atoms with Gasteiger partial charge in [0.2, 0.25) is 5.91 Å². The van der Waals surface area contributed by atoms with Gasteiger partial charge in [-0.15, -0.1) is 0 Å². The van der Waals surface area contributed by atoms with Crippen molar-refractivity contribution in [1.29, 1.82) is 0 Å². The zero-order valence-corrected chi connectivity index (χ0v) is 16.4. The number of rotatable bonds is 8. The lowest BCUT2D eigenvalue weighted by Gasteiger charge is -2.19. The Bertz CT molecular complexity index is 810. The van der Waals surface area contributed by atoms with Crippen LogP contribution in [0.15, 0.2) is 42.5 Å². The summed E-state index contributed by atoms with van der Waals surface area (Å²) in [5.41, 5.74) is 1.18. The summed E-state index contributed by atoms with van der Waals surface area (Å²) in [4.78, 5) is 26.3. The molecule has 6 nitrogen and oxygen atoms in total. The molecule has 0 saturated heterocycles. The van der Waals surface area contributed by atoms with Gasteiger partial charge in [-0.1, -0.05) is 23.7 Å².